The minimum atomic E-state index is -1.38. The molecule has 0 aromatic rings. The Morgan fingerprint density at radius 3 is 1.71 bits per heavy atom. The summed E-state index contributed by atoms with van der Waals surface area (Å²) in [6.45, 7) is 21.7. The molecule has 0 bridgehead atoms. The molecule has 206 valence electrons. The summed E-state index contributed by atoms with van der Waals surface area (Å²) in [5.74, 6) is -1.64. The molecule has 0 aromatic carbocycles. The van der Waals surface area contributed by atoms with Crippen LogP contribution >= 0.6 is 0 Å². The van der Waals surface area contributed by atoms with E-state index in [-0.39, 0.29) is 6.10 Å². The van der Waals surface area contributed by atoms with Gasteiger partial charge in [0.1, 0.15) is 0 Å². The van der Waals surface area contributed by atoms with E-state index in [4.69, 9.17) is 23.7 Å². The van der Waals surface area contributed by atoms with E-state index in [9.17, 15) is 0 Å². The fourth-order valence-corrected chi connectivity index (χ4v) is 3.74. The molecule has 0 fully saturated rings. The number of hydrogen-bond donors (Lipinski definition) is 0. The Labute approximate surface area is 213 Å². The van der Waals surface area contributed by atoms with E-state index in [1.807, 2.05) is 0 Å². The number of ether oxygens (including phenoxy) is 5. The van der Waals surface area contributed by atoms with Crippen molar-refractivity contribution in [2.45, 2.75) is 151 Å². The van der Waals surface area contributed by atoms with Crippen molar-refractivity contribution in [3.63, 3.8) is 0 Å². The highest BCUT2D eigenvalue weighted by Crippen LogP contribution is 2.41. The lowest BCUT2D eigenvalue weighted by molar-refractivity contribution is -0.505. The molecule has 0 aliphatic heterocycles. The molecule has 0 saturated carbocycles. The van der Waals surface area contributed by atoms with Crippen molar-refractivity contribution in [1.82, 2.24) is 0 Å². The Morgan fingerprint density at radius 2 is 1.15 bits per heavy atom. The van der Waals surface area contributed by atoms with Crippen LogP contribution in [0.3, 0.4) is 0 Å². The highest BCUT2D eigenvalue weighted by Gasteiger charge is 2.59. The normalized spacial score (nSPS) is 15.9. The number of unbranched alkanes of at least 4 members (excludes halogenated alkanes) is 6. The summed E-state index contributed by atoms with van der Waals surface area (Å²) in [5, 5.41) is 0. The van der Waals surface area contributed by atoms with Crippen LogP contribution in [0.25, 0.3) is 0 Å². The zero-order valence-electron chi connectivity index (χ0n) is 24.4. The molecule has 34 heavy (non-hydrogen) atoms. The van der Waals surface area contributed by atoms with Gasteiger partial charge in [-0.1, -0.05) is 87.0 Å². The first-order valence-electron chi connectivity index (χ1n) is 14.4. The van der Waals surface area contributed by atoms with Gasteiger partial charge in [-0.3, -0.25) is 0 Å². The fourth-order valence-electron chi connectivity index (χ4n) is 3.74. The van der Waals surface area contributed by atoms with Gasteiger partial charge >= 0.3 is 5.97 Å². The van der Waals surface area contributed by atoms with Crippen molar-refractivity contribution in [3.8, 4) is 0 Å². The maximum Gasteiger partial charge on any atom is 0.340 e. The predicted octanol–water partition coefficient (Wildman–Crippen LogP) is 8.49. The largest absolute Gasteiger partial charge is 0.343 e. The Kier molecular flexibility index (Phi) is 19.8. The van der Waals surface area contributed by atoms with Gasteiger partial charge in [0.2, 0.25) is 0 Å². The molecular formula is C29H60O5. The highest BCUT2D eigenvalue weighted by atomic mass is 16.9. The molecule has 0 radical (unpaired) electrons. The van der Waals surface area contributed by atoms with Crippen LogP contribution in [0.2, 0.25) is 0 Å². The van der Waals surface area contributed by atoms with E-state index in [1.54, 1.807) is 0 Å². The Bertz CT molecular complexity index is 442. The molecule has 5 nitrogen and oxygen atoms in total. The lowest BCUT2D eigenvalue weighted by atomic mass is 10.0. The summed E-state index contributed by atoms with van der Waals surface area (Å²) in [6.07, 6.45) is 11.2. The summed E-state index contributed by atoms with van der Waals surface area (Å²) in [5.41, 5.74) is 0. The van der Waals surface area contributed by atoms with Gasteiger partial charge in [-0.2, -0.15) is 0 Å². The van der Waals surface area contributed by atoms with Crippen molar-refractivity contribution >= 4 is 0 Å². The maximum absolute atomic E-state index is 6.67. The van der Waals surface area contributed by atoms with Crippen LogP contribution in [0.5, 0.6) is 0 Å². The standard InChI is InChI=1S/C29H60O5/c1-10-13-16-18-22-31-29(33-24-26(6)7,32-23-19-25(4)5)28(34-27(8)9,20-17-14-11-2)30-21-15-12-3/h25-27H,10-24H2,1-9H3. The molecule has 0 N–H and O–H groups in total. The van der Waals surface area contributed by atoms with Gasteiger partial charge in [0.05, 0.1) is 32.5 Å². The van der Waals surface area contributed by atoms with E-state index >= 15 is 0 Å². The lowest BCUT2D eigenvalue weighted by Gasteiger charge is -2.48. The van der Waals surface area contributed by atoms with Gasteiger partial charge < -0.3 is 23.7 Å². The second-order valence-electron chi connectivity index (χ2n) is 10.8. The Balaban J connectivity index is 6.29. The van der Waals surface area contributed by atoms with Gasteiger partial charge in [0, 0.05) is 6.42 Å². The Morgan fingerprint density at radius 1 is 0.559 bits per heavy atom. The molecule has 0 aromatic heterocycles. The average molecular weight is 489 g/mol. The molecule has 0 rings (SSSR count). The van der Waals surface area contributed by atoms with E-state index in [2.05, 4.69) is 62.3 Å². The third-order valence-electron chi connectivity index (χ3n) is 5.72. The summed E-state index contributed by atoms with van der Waals surface area (Å²) >= 11 is 0. The second-order valence-corrected chi connectivity index (χ2v) is 10.8. The smallest absolute Gasteiger partial charge is 0.340 e. The molecule has 0 heterocycles. The van der Waals surface area contributed by atoms with E-state index in [0.29, 0.717) is 44.7 Å². The first-order valence-corrected chi connectivity index (χ1v) is 14.4. The maximum atomic E-state index is 6.67. The minimum Gasteiger partial charge on any atom is -0.343 e. The van der Waals surface area contributed by atoms with Crippen LogP contribution in [0.1, 0.15) is 133 Å². The molecule has 0 aliphatic rings. The molecule has 2 atom stereocenters. The topological polar surface area (TPSA) is 46.2 Å². The monoisotopic (exact) mass is 488 g/mol. The van der Waals surface area contributed by atoms with Crippen molar-refractivity contribution in [2.24, 2.45) is 11.8 Å². The van der Waals surface area contributed by atoms with Crippen LogP contribution in [0.15, 0.2) is 0 Å². The number of rotatable bonds is 24. The summed E-state index contributed by atoms with van der Waals surface area (Å²) in [7, 11) is 0. The van der Waals surface area contributed by atoms with E-state index in [1.165, 1.54) is 12.8 Å². The first-order chi connectivity index (χ1) is 16.2. The molecule has 0 saturated heterocycles. The van der Waals surface area contributed by atoms with Gasteiger partial charge in [-0.15, -0.1) is 0 Å². The highest BCUT2D eigenvalue weighted by molar-refractivity contribution is 4.85. The lowest BCUT2D eigenvalue weighted by Crippen LogP contribution is -2.64. The zero-order chi connectivity index (χ0) is 25.9. The van der Waals surface area contributed by atoms with Gasteiger partial charge in [0.25, 0.3) is 5.79 Å². The summed E-state index contributed by atoms with van der Waals surface area (Å²) < 4.78 is 33.2. The van der Waals surface area contributed by atoms with Gasteiger partial charge in [-0.05, 0) is 51.4 Å². The zero-order valence-corrected chi connectivity index (χ0v) is 24.4. The van der Waals surface area contributed by atoms with Crippen LogP contribution in [-0.2, 0) is 23.7 Å². The molecule has 5 heteroatoms. The molecule has 0 spiro atoms. The van der Waals surface area contributed by atoms with E-state index < -0.39 is 11.8 Å². The van der Waals surface area contributed by atoms with Crippen LogP contribution in [0, 0.1) is 11.8 Å². The average Bonchev–Trinajstić information content (AvgIpc) is 2.76. The van der Waals surface area contributed by atoms with Gasteiger partial charge in [-0.25, -0.2) is 0 Å². The Hall–Kier alpha value is -0.200. The van der Waals surface area contributed by atoms with Crippen molar-refractivity contribution in [2.75, 3.05) is 26.4 Å². The fraction of sp³-hybridized carbons (Fsp3) is 1.00. The minimum absolute atomic E-state index is 0.0531. The summed E-state index contributed by atoms with van der Waals surface area (Å²) in [6, 6.07) is 0. The van der Waals surface area contributed by atoms with Crippen molar-refractivity contribution in [3.05, 3.63) is 0 Å². The van der Waals surface area contributed by atoms with Crippen LogP contribution in [-0.4, -0.2) is 44.3 Å². The second kappa shape index (κ2) is 19.9. The van der Waals surface area contributed by atoms with E-state index in [0.717, 1.165) is 51.4 Å². The van der Waals surface area contributed by atoms with Crippen molar-refractivity contribution in [1.29, 1.82) is 0 Å². The van der Waals surface area contributed by atoms with Gasteiger partial charge in [0.15, 0.2) is 0 Å². The first kappa shape index (κ1) is 33.8. The molecule has 2 unspecified atom stereocenters. The predicted molar refractivity (Wildman–Crippen MR) is 143 cm³/mol. The quantitative estimate of drug-likeness (QED) is 0.101. The van der Waals surface area contributed by atoms with Crippen LogP contribution < -0.4 is 0 Å². The molecule has 0 aliphatic carbocycles. The molecule has 0 amide bonds. The third kappa shape index (κ3) is 13.8. The summed E-state index contributed by atoms with van der Waals surface area (Å²) in [4.78, 5) is 0. The molecular weight excluding hydrogens is 428 g/mol. The van der Waals surface area contributed by atoms with Crippen molar-refractivity contribution < 1.29 is 23.7 Å². The van der Waals surface area contributed by atoms with Crippen LogP contribution in [0.4, 0.5) is 0 Å². The third-order valence-corrected chi connectivity index (χ3v) is 5.72. The SMILES string of the molecule is CCCCCCOC(OCCC(C)C)(OCC(C)C)C(CCCCC)(OCCCC)OC(C)C. The number of hydrogen-bond acceptors (Lipinski definition) is 5.